The third-order valence-electron chi connectivity index (χ3n) is 3.87. The molecule has 5 heteroatoms. The van der Waals surface area contributed by atoms with Crippen LogP contribution in [0.5, 0.6) is 0 Å². The van der Waals surface area contributed by atoms with Crippen molar-refractivity contribution < 1.29 is 4.79 Å². The molecule has 0 bridgehead atoms. The number of rotatable bonds is 8. The van der Waals surface area contributed by atoms with E-state index in [1.165, 1.54) is 5.56 Å². The molecule has 2 aromatic heterocycles. The Balaban J connectivity index is 1.84. The monoisotopic (exact) mass is 326 g/mol. The van der Waals surface area contributed by atoms with Gasteiger partial charge in [-0.25, -0.2) is 4.98 Å². The van der Waals surface area contributed by atoms with Crippen molar-refractivity contribution >= 4 is 11.7 Å². The highest BCUT2D eigenvalue weighted by Gasteiger charge is 2.12. The SMILES string of the molecule is CC(C)CCNc1ccc(C(=O)N(C)CCc2ccncc2)cn1. The van der Waals surface area contributed by atoms with Gasteiger partial charge in [0, 0.05) is 38.7 Å². The smallest absolute Gasteiger partial charge is 0.255 e. The minimum atomic E-state index is -0.00899. The molecule has 2 rings (SSSR count). The maximum Gasteiger partial charge on any atom is 0.255 e. The fraction of sp³-hybridized carbons (Fsp3) is 0.421. The predicted octanol–water partition coefficient (Wildman–Crippen LogP) is 3.25. The Hall–Kier alpha value is -2.43. The molecular formula is C19H26N4O. The number of carbonyl (C=O) groups is 1. The molecule has 0 aliphatic carbocycles. The first-order valence-electron chi connectivity index (χ1n) is 8.40. The molecule has 24 heavy (non-hydrogen) atoms. The highest BCUT2D eigenvalue weighted by molar-refractivity contribution is 5.93. The summed E-state index contributed by atoms with van der Waals surface area (Å²) in [4.78, 5) is 22.5. The number of hydrogen-bond acceptors (Lipinski definition) is 4. The Bertz CT molecular complexity index is 626. The first-order chi connectivity index (χ1) is 11.6. The Morgan fingerprint density at radius 1 is 1.21 bits per heavy atom. The van der Waals surface area contributed by atoms with E-state index in [1.54, 1.807) is 23.5 Å². The molecule has 0 atom stereocenters. The van der Waals surface area contributed by atoms with Crippen LogP contribution in [0.1, 0.15) is 36.2 Å². The molecule has 0 saturated carbocycles. The van der Waals surface area contributed by atoms with Crippen molar-refractivity contribution in [2.24, 2.45) is 5.92 Å². The van der Waals surface area contributed by atoms with Crippen molar-refractivity contribution in [2.45, 2.75) is 26.7 Å². The van der Waals surface area contributed by atoms with E-state index in [0.717, 1.165) is 25.2 Å². The summed E-state index contributed by atoms with van der Waals surface area (Å²) in [6.07, 6.45) is 7.09. The third kappa shape index (κ3) is 5.65. The zero-order valence-corrected chi connectivity index (χ0v) is 14.7. The summed E-state index contributed by atoms with van der Waals surface area (Å²) in [6.45, 7) is 5.94. The molecule has 0 aromatic carbocycles. The van der Waals surface area contributed by atoms with Crippen molar-refractivity contribution in [3.05, 3.63) is 54.0 Å². The number of anilines is 1. The quantitative estimate of drug-likeness (QED) is 0.809. The number of pyridine rings is 2. The highest BCUT2D eigenvalue weighted by atomic mass is 16.2. The van der Waals surface area contributed by atoms with Gasteiger partial charge in [0.25, 0.3) is 5.91 Å². The molecule has 128 valence electrons. The first kappa shape index (κ1) is 17.9. The zero-order valence-electron chi connectivity index (χ0n) is 14.7. The molecule has 0 unspecified atom stereocenters. The number of hydrogen-bond donors (Lipinski definition) is 1. The van der Waals surface area contributed by atoms with E-state index >= 15 is 0 Å². The van der Waals surface area contributed by atoms with Crippen molar-refractivity contribution in [3.8, 4) is 0 Å². The molecule has 0 aliphatic rings. The summed E-state index contributed by atoms with van der Waals surface area (Å²) in [6, 6.07) is 7.63. The van der Waals surface area contributed by atoms with Crippen molar-refractivity contribution in [2.75, 3.05) is 25.5 Å². The third-order valence-corrected chi connectivity index (χ3v) is 3.87. The number of nitrogens with zero attached hydrogens (tertiary/aromatic N) is 3. The van der Waals surface area contributed by atoms with E-state index in [-0.39, 0.29) is 5.91 Å². The van der Waals surface area contributed by atoms with Gasteiger partial charge in [0.2, 0.25) is 0 Å². The van der Waals surface area contributed by atoms with Crippen molar-refractivity contribution in [1.29, 1.82) is 0 Å². The number of nitrogens with one attached hydrogen (secondary N) is 1. The second-order valence-corrected chi connectivity index (χ2v) is 6.37. The van der Waals surface area contributed by atoms with Crippen LogP contribution in [0.3, 0.4) is 0 Å². The van der Waals surface area contributed by atoms with E-state index in [2.05, 4.69) is 29.1 Å². The maximum atomic E-state index is 12.4. The Labute approximate surface area is 144 Å². The van der Waals surface area contributed by atoms with Crippen LogP contribution >= 0.6 is 0 Å². The van der Waals surface area contributed by atoms with Gasteiger partial charge in [-0.15, -0.1) is 0 Å². The molecule has 2 aromatic rings. The van der Waals surface area contributed by atoms with Crippen LogP contribution in [-0.4, -0.2) is 40.9 Å². The van der Waals surface area contributed by atoms with Crippen LogP contribution in [0, 0.1) is 5.92 Å². The zero-order chi connectivity index (χ0) is 17.4. The Morgan fingerprint density at radius 3 is 2.58 bits per heavy atom. The van der Waals surface area contributed by atoms with Gasteiger partial charge in [-0.3, -0.25) is 9.78 Å². The van der Waals surface area contributed by atoms with E-state index < -0.39 is 0 Å². The molecule has 0 radical (unpaired) electrons. The van der Waals surface area contributed by atoms with E-state index in [9.17, 15) is 4.79 Å². The second-order valence-electron chi connectivity index (χ2n) is 6.37. The molecule has 0 fully saturated rings. The molecule has 1 amide bonds. The molecule has 1 N–H and O–H groups in total. The standard InChI is InChI=1S/C19H26N4O/c1-15(2)6-12-21-18-5-4-17(14-22-18)19(24)23(3)13-9-16-7-10-20-11-8-16/h4-5,7-8,10-11,14-15H,6,9,12-13H2,1-3H3,(H,21,22). The molecule has 0 aliphatic heterocycles. The lowest BCUT2D eigenvalue weighted by molar-refractivity contribution is 0.0796. The lowest BCUT2D eigenvalue weighted by Gasteiger charge is -2.17. The van der Waals surface area contributed by atoms with Crippen LogP contribution in [0.4, 0.5) is 5.82 Å². The highest BCUT2D eigenvalue weighted by Crippen LogP contribution is 2.09. The van der Waals surface area contributed by atoms with Crippen LogP contribution in [0.15, 0.2) is 42.9 Å². The normalized spacial score (nSPS) is 10.7. The van der Waals surface area contributed by atoms with Crippen LogP contribution in [0.2, 0.25) is 0 Å². The van der Waals surface area contributed by atoms with Gasteiger partial charge in [-0.2, -0.15) is 0 Å². The summed E-state index contributed by atoms with van der Waals surface area (Å²) in [5.74, 6) is 1.46. The van der Waals surface area contributed by atoms with Gasteiger partial charge in [-0.1, -0.05) is 13.8 Å². The van der Waals surface area contributed by atoms with Gasteiger partial charge >= 0.3 is 0 Å². The fourth-order valence-corrected chi connectivity index (χ4v) is 2.28. The minimum absolute atomic E-state index is 0.00899. The topological polar surface area (TPSA) is 58.1 Å². The van der Waals surface area contributed by atoms with Gasteiger partial charge in [0.1, 0.15) is 5.82 Å². The lowest BCUT2D eigenvalue weighted by atomic mass is 10.1. The summed E-state index contributed by atoms with van der Waals surface area (Å²) in [5, 5.41) is 3.28. The van der Waals surface area contributed by atoms with Gasteiger partial charge < -0.3 is 10.2 Å². The Morgan fingerprint density at radius 2 is 1.96 bits per heavy atom. The fourth-order valence-electron chi connectivity index (χ4n) is 2.28. The van der Waals surface area contributed by atoms with Gasteiger partial charge in [-0.05, 0) is 48.6 Å². The summed E-state index contributed by atoms with van der Waals surface area (Å²) < 4.78 is 0. The largest absolute Gasteiger partial charge is 0.370 e. The van der Waals surface area contributed by atoms with Gasteiger partial charge in [0.05, 0.1) is 5.56 Å². The molecule has 2 heterocycles. The summed E-state index contributed by atoms with van der Waals surface area (Å²) in [5.41, 5.74) is 1.79. The minimum Gasteiger partial charge on any atom is -0.370 e. The van der Waals surface area contributed by atoms with E-state index in [0.29, 0.717) is 18.0 Å². The summed E-state index contributed by atoms with van der Waals surface area (Å²) in [7, 11) is 1.82. The van der Waals surface area contributed by atoms with Crippen LogP contribution in [-0.2, 0) is 6.42 Å². The number of carbonyl (C=O) groups excluding carboxylic acids is 1. The lowest BCUT2D eigenvalue weighted by Crippen LogP contribution is -2.29. The van der Waals surface area contributed by atoms with Crippen molar-refractivity contribution in [1.82, 2.24) is 14.9 Å². The second kappa shape index (κ2) is 9.01. The average molecular weight is 326 g/mol. The van der Waals surface area contributed by atoms with Gasteiger partial charge in [0.15, 0.2) is 0 Å². The van der Waals surface area contributed by atoms with Crippen LogP contribution in [0.25, 0.3) is 0 Å². The molecule has 0 spiro atoms. The van der Waals surface area contributed by atoms with Crippen LogP contribution < -0.4 is 5.32 Å². The average Bonchev–Trinajstić information content (AvgIpc) is 2.60. The van der Waals surface area contributed by atoms with E-state index in [4.69, 9.17) is 0 Å². The molecular weight excluding hydrogens is 300 g/mol. The molecule has 0 saturated heterocycles. The van der Waals surface area contributed by atoms with E-state index in [1.807, 2.05) is 31.3 Å². The Kier molecular flexibility index (Phi) is 6.73. The number of likely N-dealkylation sites (N-methyl/N-ethyl adjacent to an activating group) is 1. The first-order valence-corrected chi connectivity index (χ1v) is 8.40. The number of aromatic nitrogens is 2. The molecule has 5 nitrogen and oxygen atoms in total. The predicted molar refractivity (Wildman–Crippen MR) is 97.1 cm³/mol. The maximum absolute atomic E-state index is 12.4. The summed E-state index contributed by atoms with van der Waals surface area (Å²) >= 11 is 0. The van der Waals surface area contributed by atoms with Crippen molar-refractivity contribution in [3.63, 3.8) is 0 Å². The number of amides is 1.